The van der Waals surface area contributed by atoms with E-state index in [1.54, 1.807) is 43.5 Å². The number of carbonyl (C=O) groups excluding carboxylic acids is 2. The highest BCUT2D eigenvalue weighted by atomic mass is 16.6. The van der Waals surface area contributed by atoms with Crippen LogP contribution in [-0.2, 0) is 9.59 Å². The number of ether oxygens (including phenoxy) is 4. The number of hydrogen-bond donors (Lipinski definition) is 1. The van der Waals surface area contributed by atoms with Crippen molar-refractivity contribution in [2.24, 2.45) is 5.92 Å². The van der Waals surface area contributed by atoms with Gasteiger partial charge in [0.1, 0.15) is 18.9 Å². The largest absolute Gasteiger partial charge is 0.493 e. The summed E-state index contributed by atoms with van der Waals surface area (Å²) in [6.45, 7) is 5.19. The van der Waals surface area contributed by atoms with Crippen molar-refractivity contribution in [1.29, 1.82) is 0 Å². The number of benzene rings is 2. The van der Waals surface area contributed by atoms with Gasteiger partial charge in [-0.25, -0.2) is 0 Å². The van der Waals surface area contributed by atoms with E-state index >= 15 is 0 Å². The van der Waals surface area contributed by atoms with E-state index in [4.69, 9.17) is 18.9 Å². The highest BCUT2D eigenvalue weighted by Crippen LogP contribution is 2.37. The molecule has 0 atom stereocenters. The summed E-state index contributed by atoms with van der Waals surface area (Å²) in [7, 11) is 3.07. The highest BCUT2D eigenvalue weighted by Gasteiger charge is 2.39. The van der Waals surface area contributed by atoms with Crippen molar-refractivity contribution in [3.05, 3.63) is 47.7 Å². The van der Waals surface area contributed by atoms with Crippen LogP contribution in [0.5, 0.6) is 23.0 Å². The van der Waals surface area contributed by atoms with Gasteiger partial charge in [0, 0.05) is 18.3 Å². The molecule has 0 fully saturated rings. The van der Waals surface area contributed by atoms with Crippen LogP contribution in [0.2, 0.25) is 0 Å². The van der Waals surface area contributed by atoms with Crippen LogP contribution in [0.25, 0.3) is 5.57 Å². The second-order valence-electron chi connectivity index (χ2n) is 7.92. The molecule has 2 amide bonds. The minimum absolute atomic E-state index is 0.128. The van der Waals surface area contributed by atoms with E-state index in [1.807, 2.05) is 13.8 Å². The first kappa shape index (κ1) is 21.5. The molecule has 0 saturated heterocycles. The maximum Gasteiger partial charge on any atom is 0.278 e. The van der Waals surface area contributed by atoms with Gasteiger partial charge in [0.25, 0.3) is 11.8 Å². The number of nitrogens with one attached hydrogen (secondary N) is 1. The van der Waals surface area contributed by atoms with Gasteiger partial charge < -0.3 is 24.3 Å². The second kappa shape index (κ2) is 8.82. The first-order chi connectivity index (χ1) is 15.4. The molecular weight excluding hydrogens is 412 g/mol. The molecule has 2 aliphatic rings. The number of nitrogens with zero attached hydrogens (tertiary/aromatic N) is 1. The van der Waals surface area contributed by atoms with E-state index in [1.165, 1.54) is 12.0 Å². The molecule has 8 nitrogen and oxygen atoms in total. The molecule has 0 aromatic heterocycles. The molecule has 0 aliphatic carbocycles. The maximum absolute atomic E-state index is 13.3. The van der Waals surface area contributed by atoms with Gasteiger partial charge in [-0.05, 0) is 35.7 Å². The molecule has 2 aromatic carbocycles. The molecule has 0 spiro atoms. The van der Waals surface area contributed by atoms with Crippen molar-refractivity contribution >= 4 is 23.1 Å². The van der Waals surface area contributed by atoms with Crippen molar-refractivity contribution in [2.75, 3.05) is 39.3 Å². The highest BCUT2D eigenvalue weighted by molar-refractivity contribution is 6.36. The molecule has 0 unspecified atom stereocenters. The van der Waals surface area contributed by atoms with Crippen LogP contribution in [0.1, 0.15) is 19.4 Å². The van der Waals surface area contributed by atoms with Crippen LogP contribution >= 0.6 is 0 Å². The third-order valence-electron chi connectivity index (χ3n) is 5.20. The number of hydrogen-bond acceptors (Lipinski definition) is 7. The average molecular weight is 438 g/mol. The zero-order valence-electron chi connectivity index (χ0n) is 18.6. The Morgan fingerprint density at radius 3 is 2.34 bits per heavy atom. The first-order valence-corrected chi connectivity index (χ1v) is 10.4. The zero-order chi connectivity index (χ0) is 22.8. The molecule has 1 N–H and O–H groups in total. The summed E-state index contributed by atoms with van der Waals surface area (Å²) in [6, 6.07) is 10.5. The molecule has 0 bridgehead atoms. The topological polar surface area (TPSA) is 86.3 Å². The number of amides is 2. The smallest absolute Gasteiger partial charge is 0.278 e. The lowest BCUT2D eigenvalue weighted by molar-refractivity contribution is -0.137. The SMILES string of the molecule is COc1ccc(C2=C(Nc3ccc4c(c3)OCCO4)C(=O)N(CC(C)C)C2=O)cc1OC. The zero-order valence-corrected chi connectivity index (χ0v) is 18.6. The normalized spacial score (nSPS) is 15.5. The van der Waals surface area contributed by atoms with Gasteiger partial charge in [-0.1, -0.05) is 19.9 Å². The summed E-state index contributed by atoms with van der Waals surface area (Å²) in [4.78, 5) is 27.9. The molecule has 2 heterocycles. The predicted octanol–water partition coefficient (Wildman–Crippen LogP) is 3.32. The summed E-state index contributed by atoms with van der Waals surface area (Å²) < 4.78 is 21.9. The molecule has 0 saturated carbocycles. The van der Waals surface area contributed by atoms with E-state index in [0.717, 1.165) is 0 Å². The predicted molar refractivity (Wildman–Crippen MR) is 119 cm³/mol. The van der Waals surface area contributed by atoms with Crippen molar-refractivity contribution < 1.29 is 28.5 Å². The van der Waals surface area contributed by atoms with E-state index in [0.29, 0.717) is 54.0 Å². The van der Waals surface area contributed by atoms with Crippen molar-refractivity contribution in [3.8, 4) is 23.0 Å². The maximum atomic E-state index is 13.3. The quantitative estimate of drug-likeness (QED) is 0.664. The summed E-state index contributed by atoms with van der Waals surface area (Å²) in [5.41, 5.74) is 1.67. The Morgan fingerprint density at radius 2 is 1.66 bits per heavy atom. The average Bonchev–Trinajstić information content (AvgIpc) is 3.02. The first-order valence-electron chi connectivity index (χ1n) is 10.4. The van der Waals surface area contributed by atoms with Gasteiger partial charge >= 0.3 is 0 Å². The van der Waals surface area contributed by atoms with Gasteiger partial charge in [0.15, 0.2) is 23.0 Å². The Morgan fingerprint density at radius 1 is 0.938 bits per heavy atom. The molecular formula is C24H26N2O6. The number of imide groups is 1. The minimum Gasteiger partial charge on any atom is -0.493 e. The lowest BCUT2D eigenvalue weighted by Crippen LogP contribution is -2.35. The number of methoxy groups -OCH3 is 2. The summed E-state index contributed by atoms with van der Waals surface area (Å²) in [5.74, 6) is 1.65. The number of fused-ring (bicyclic) bond motifs is 1. The van der Waals surface area contributed by atoms with Gasteiger partial charge in [-0.3, -0.25) is 14.5 Å². The van der Waals surface area contributed by atoms with Crippen LogP contribution in [0.4, 0.5) is 5.69 Å². The molecule has 0 radical (unpaired) electrons. The molecule has 32 heavy (non-hydrogen) atoms. The Hall–Kier alpha value is -3.68. The minimum atomic E-state index is -0.372. The Labute approximate surface area is 186 Å². The fourth-order valence-corrected chi connectivity index (χ4v) is 3.75. The number of carbonyl (C=O) groups is 2. The Bertz CT molecular complexity index is 1090. The van der Waals surface area contributed by atoms with Gasteiger partial charge in [-0.2, -0.15) is 0 Å². The van der Waals surface area contributed by atoms with Gasteiger partial charge in [-0.15, -0.1) is 0 Å². The monoisotopic (exact) mass is 438 g/mol. The molecule has 168 valence electrons. The fourth-order valence-electron chi connectivity index (χ4n) is 3.75. The third kappa shape index (κ3) is 3.95. The van der Waals surface area contributed by atoms with Crippen LogP contribution in [0.3, 0.4) is 0 Å². The second-order valence-corrected chi connectivity index (χ2v) is 7.92. The molecule has 2 aliphatic heterocycles. The summed E-state index contributed by atoms with van der Waals surface area (Å²) >= 11 is 0. The Kier molecular flexibility index (Phi) is 5.94. The van der Waals surface area contributed by atoms with E-state index in [9.17, 15) is 9.59 Å². The lowest BCUT2D eigenvalue weighted by Gasteiger charge is -2.20. The molecule has 4 rings (SSSR count). The van der Waals surface area contributed by atoms with Crippen molar-refractivity contribution in [2.45, 2.75) is 13.8 Å². The summed E-state index contributed by atoms with van der Waals surface area (Å²) in [6.07, 6.45) is 0. The fraction of sp³-hybridized carbons (Fsp3) is 0.333. The number of anilines is 1. The van der Waals surface area contributed by atoms with Gasteiger partial charge in [0.05, 0.1) is 19.8 Å². The van der Waals surface area contributed by atoms with Crippen LogP contribution in [0, 0.1) is 5.92 Å². The van der Waals surface area contributed by atoms with E-state index in [-0.39, 0.29) is 29.0 Å². The standard InChI is InChI=1S/C24H26N2O6/c1-14(2)13-26-23(27)21(15-5-7-17(29-3)19(11-15)30-4)22(24(26)28)25-16-6-8-18-20(12-16)32-10-9-31-18/h5-8,11-12,14,25H,9-10,13H2,1-4H3. The molecule has 8 heteroatoms. The van der Waals surface area contributed by atoms with Crippen molar-refractivity contribution in [3.63, 3.8) is 0 Å². The summed E-state index contributed by atoms with van der Waals surface area (Å²) in [5, 5.41) is 3.15. The van der Waals surface area contributed by atoms with Gasteiger partial charge in [0.2, 0.25) is 0 Å². The van der Waals surface area contributed by atoms with Crippen LogP contribution < -0.4 is 24.3 Å². The van der Waals surface area contributed by atoms with Crippen molar-refractivity contribution in [1.82, 2.24) is 4.90 Å². The Balaban J connectivity index is 1.77. The number of rotatable bonds is 7. The van der Waals surface area contributed by atoms with Crippen LogP contribution in [0.15, 0.2) is 42.1 Å². The van der Waals surface area contributed by atoms with E-state index in [2.05, 4.69) is 5.32 Å². The lowest BCUT2D eigenvalue weighted by atomic mass is 10.0. The van der Waals surface area contributed by atoms with E-state index < -0.39 is 0 Å². The third-order valence-corrected chi connectivity index (χ3v) is 5.20. The van der Waals surface area contributed by atoms with Crippen LogP contribution in [-0.4, -0.2) is 50.7 Å². The molecule has 2 aromatic rings.